The lowest BCUT2D eigenvalue weighted by Crippen LogP contribution is -2.35. The Bertz CT molecular complexity index is 512. The third-order valence-corrected chi connectivity index (χ3v) is 4.24. The van der Waals surface area contributed by atoms with E-state index in [1.807, 2.05) is 0 Å². The van der Waals surface area contributed by atoms with Gasteiger partial charge in [-0.2, -0.15) is 0 Å². The molecular formula is C12H17ClN2O3S. The van der Waals surface area contributed by atoms with Crippen LogP contribution in [-0.4, -0.2) is 44.6 Å². The molecule has 1 aromatic rings. The molecule has 7 heteroatoms. The van der Waals surface area contributed by atoms with Gasteiger partial charge in [0.2, 0.25) is 0 Å². The van der Waals surface area contributed by atoms with E-state index in [0.717, 1.165) is 19.5 Å². The van der Waals surface area contributed by atoms with Crippen molar-refractivity contribution in [3.63, 3.8) is 0 Å². The average Bonchev–Trinajstić information content (AvgIpc) is 2.83. The van der Waals surface area contributed by atoms with Crippen LogP contribution < -0.4 is 10.1 Å². The van der Waals surface area contributed by atoms with E-state index in [9.17, 15) is 8.42 Å². The molecule has 19 heavy (non-hydrogen) atoms. The molecule has 1 aliphatic heterocycles. The largest absolute Gasteiger partial charge is 0.487 e. The second kappa shape index (κ2) is 6.07. The van der Waals surface area contributed by atoms with Gasteiger partial charge in [-0.25, -0.2) is 13.4 Å². The lowest BCUT2D eigenvalue weighted by molar-refractivity contribution is 0.163. The number of sulfone groups is 1. The van der Waals surface area contributed by atoms with Gasteiger partial charge in [0.1, 0.15) is 17.0 Å². The van der Waals surface area contributed by atoms with E-state index in [-0.39, 0.29) is 17.8 Å². The molecule has 1 saturated heterocycles. The van der Waals surface area contributed by atoms with Crippen LogP contribution in [0.2, 0.25) is 5.15 Å². The molecule has 0 bridgehead atoms. The van der Waals surface area contributed by atoms with Gasteiger partial charge in [0.25, 0.3) is 0 Å². The van der Waals surface area contributed by atoms with Gasteiger partial charge in [-0.05, 0) is 25.1 Å². The van der Waals surface area contributed by atoms with Gasteiger partial charge in [0, 0.05) is 18.7 Å². The predicted molar refractivity (Wildman–Crippen MR) is 74.4 cm³/mol. The third kappa shape index (κ3) is 4.63. The second-order valence-corrected chi connectivity index (χ2v) is 7.39. The van der Waals surface area contributed by atoms with Gasteiger partial charge < -0.3 is 10.1 Å². The Morgan fingerprint density at radius 1 is 1.58 bits per heavy atom. The Balaban J connectivity index is 2.10. The molecule has 106 valence electrons. The molecular weight excluding hydrogens is 288 g/mol. The average molecular weight is 305 g/mol. The Morgan fingerprint density at radius 2 is 2.37 bits per heavy atom. The molecule has 1 aromatic heterocycles. The number of rotatable bonds is 5. The minimum absolute atomic E-state index is 0.0158. The van der Waals surface area contributed by atoms with Crippen LogP contribution in [0, 0.1) is 5.92 Å². The maximum atomic E-state index is 11.5. The smallest absolute Gasteiger partial charge is 0.151 e. The molecule has 0 aromatic carbocycles. The van der Waals surface area contributed by atoms with Crippen LogP contribution in [0.4, 0.5) is 0 Å². The summed E-state index contributed by atoms with van der Waals surface area (Å²) in [5.74, 6) is 0.762. The van der Waals surface area contributed by atoms with Gasteiger partial charge in [0.15, 0.2) is 9.84 Å². The zero-order valence-corrected chi connectivity index (χ0v) is 12.2. The minimum Gasteiger partial charge on any atom is -0.487 e. The molecule has 0 spiro atoms. The minimum atomic E-state index is -3.09. The van der Waals surface area contributed by atoms with Gasteiger partial charge in [-0.15, -0.1) is 0 Å². The van der Waals surface area contributed by atoms with E-state index in [0.29, 0.717) is 10.9 Å². The van der Waals surface area contributed by atoms with Crippen LogP contribution in [0.5, 0.6) is 5.75 Å². The van der Waals surface area contributed by atoms with Gasteiger partial charge in [-0.1, -0.05) is 11.6 Å². The molecule has 1 fully saturated rings. The zero-order valence-electron chi connectivity index (χ0n) is 10.7. The number of hydrogen-bond donors (Lipinski definition) is 1. The molecule has 2 rings (SSSR count). The molecule has 0 radical (unpaired) electrons. The first-order valence-electron chi connectivity index (χ1n) is 6.11. The fourth-order valence-electron chi connectivity index (χ4n) is 2.17. The van der Waals surface area contributed by atoms with Gasteiger partial charge >= 0.3 is 0 Å². The first-order chi connectivity index (χ1) is 8.94. The molecule has 2 heterocycles. The van der Waals surface area contributed by atoms with Crippen LogP contribution in [0.25, 0.3) is 0 Å². The number of pyridine rings is 1. The summed E-state index contributed by atoms with van der Waals surface area (Å²) < 4.78 is 28.8. The van der Waals surface area contributed by atoms with E-state index in [1.165, 1.54) is 12.5 Å². The monoisotopic (exact) mass is 304 g/mol. The highest BCUT2D eigenvalue weighted by atomic mass is 35.5. The molecule has 1 N–H and O–H groups in total. The van der Waals surface area contributed by atoms with Crippen molar-refractivity contribution in [1.29, 1.82) is 0 Å². The lowest BCUT2D eigenvalue weighted by atomic mass is 10.0. The van der Waals surface area contributed by atoms with Gasteiger partial charge in [0.05, 0.1) is 11.9 Å². The standard InChI is InChI=1S/C12H17ClN2O3S/c1-19(16,17)8-11(9-4-5-14-6-9)18-10-2-3-12(13)15-7-10/h2-3,7,9,11,14H,4-6,8H2,1H3/t9-,11-/m1/s1. The van der Waals surface area contributed by atoms with Crippen molar-refractivity contribution in [2.45, 2.75) is 12.5 Å². The molecule has 5 nitrogen and oxygen atoms in total. The predicted octanol–water partition coefficient (Wildman–Crippen LogP) is 1.14. The van der Waals surface area contributed by atoms with E-state index in [2.05, 4.69) is 10.3 Å². The summed E-state index contributed by atoms with van der Waals surface area (Å²) in [6.07, 6.45) is 3.31. The summed E-state index contributed by atoms with van der Waals surface area (Å²) in [6.45, 7) is 1.67. The van der Waals surface area contributed by atoms with Crippen LogP contribution >= 0.6 is 11.6 Å². The second-order valence-electron chi connectivity index (χ2n) is 4.82. The molecule has 2 atom stereocenters. The Morgan fingerprint density at radius 3 is 2.89 bits per heavy atom. The topological polar surface area (TPSA) is 68.3 Å². The molecule has 0 unspecified atom stereocenters. The number of nitrogens with one attached hydrogen (secondary N) is 1. The lowest BCUT2D eigenvalue weighted by Gasteiger charge is -2.23. The van der Waals surface area contributed by atoms with Crippen LogP contribution in [-0.2, 0) is 9.84 Å². The van der Waals surface area contributed by atoms with Crippen molar-refractivity contribution in [2.75, 3.05) is 25.1 Å². The summed E-state index contributed by atoms with van der Waals surface area (Å²) in [5, 5.41) is 3.61. The van der Waals surface area contributed by atoms with Crippen molar-refractivity contribution in [3.8, 4) is 5.75 Å². The van der Waals surface area contributed by atoms with Crippen molar-refractivity contribution in [3.05, 3.63) is 23.5 Å². The fourth-order valence-corrected chi connectivity index (χ4v) is 3.21. The molecule has 0 aliphatic carbocycles. The van der Waals surface area contributed by atoms with Gasteiger partial charge in [-0.3, -0.25) is 0 Å². The molecule has 1 aliphatic rings. The highest BCUT2D eigenvalue weighted by Gasteiger charge is 2.29. The van der Waals surface area contributed by atoms with E-state index < -0.39 is 9.84 Å². The quantitative estimate of drug-likeness (QED) is 0.826. The molecule has 0 saturated carbocycles. The van der Waals surface area contributed by atoms with Crippen molar-refractivity contribution < 1.29 is 13.2 Å². The summed E-state index contributed by atoms with van der Waals surface area (Å²) in [5.41, 5.74) is 0. The van der Waals surface area contributed by atoms with Crippen molar-refractivity contribution in [2.24, 2.45) is 5.92 Å². The normalized spacial score (nSPS) is 21.3. The summed E-state index contributed by atoms with van der Waals surface area (Å²) in [6, 6.07) is 3.33. The number of nitrogens with zero attached hydrogens (tertiary/aromatic N) is 1. The first kappa shape index (κ1) is 14.6. The maximum Gasteiger partial charge on any atom is 0.151 e. The Kier molecular flexibility index (Phi) is 4.65. The fraction of sp³-hybridized carbons (Fsp3) is 0.583. The highest BCUT2D eigenvalue weighted by molar-refractivity contribution is 7.90. The van der Waals surface area contributed by atoms with Crippen molar-refractivity contribution >= 4 is 21.4 Å². The Labute approximate surface area is 118 Å². The van der Waals surface area contributed by atoms with E-state index >= 15 is 0 Å². The number of halogens is 1. The Hall–Kier alpha value is -0.850. The summed E-state index contributed by atoms with van der Waals surface area (Å²) in [7, 11) is -3.09. The summed E-state index contributed by atoms with van der Waals surface area (Å²) >= 11 is 5.71. The summed E-state index contributed by atoms with van der Waals surface area (Å²) in [4.78, 5) is 3.93. The highest BCUT2D eigenvalue weighted by Crippen LogP contribution is 2.21. The first-order valence-corrected chi connectivity index (χ1v) is 8.54. The van der Waals surface area contributed by atoms with Crippen LogP contribution in [0.3, 0.4) is 0 Å². The van der Waals surface area contributed by atoms with Crippen LogP contribution in [0.15, 0.2) is 18.3 Å². The molecule has 0 amide bonds. The van der Waals surface area contributed by atoms with Crippen LogP contribution in [0.1, 0.15) is 6.42 Å². The number of aromatic nitrogens is 1. The number of hydrogen-bond acceptors (Lipinski definition) is 5. The zero-order chi connectivity index (χ0) is 13.9. The van der Waals surface area contributed by atoms with E-state index in [4.69, 9.17) is 16.3 Å². The third-order valence-electron chi connectivity index (χ3n) is 3.08. The maximum absolute atomic E-state index is 11.5. The SMILES string of the molecule is CS(=O)(=O)C[C@@H](Oc1ccc(Cl)nc1)[C@@H]1CCNC1. The van der Waals surface area contributed by atoms with Crippen molar-refractivity contribution in [1.82, 2.24) is 10.3 Å². The number of ether oxygens (including phenoxy) is 1. The van der Waals surface area contributed by atoms with E-state index in [1.54, 1.807) is 12.1 Å².